The van der Waals surface area contributed by atoms with Crippen LogP contribution in [0.3, 0.4) is 0 Å². The molecule has 1 atom stereocenters. The molecule has 2 nitrogen and oxygen atoms in total. The molecule has 0 bridgehead atoms. The van der Waals surface area contributed by atoms with Crippen molar-refractivity contribution in [2.45, 2.75) is 57.5 Å². The van der Waals surface area contributed by atoms with Crippen LogP contribution in [0.25, 0.3) is 0 Å². The summed E-state index contributed by atoms with van der Waals surface area (Å²) in [6, 6.07) is 1.75. The maximum Gasteiger partial charge on any atom is 0.00923 e. The van der Waals surface area contributed by atoms with E-state index in [9.17, 15) is 0 Å². The molecule has 0 spiro atoms. The Labute approximate surface area is 94.4 Å². The van der Waals surface area contributed by atoms with E-state index in [-0.39, 0.29) is 0 Å². The van der Waals surface area contributed by atoms with Crippen molar-refractivity contribution in [2.75, 3.05) is 20.1 Å². The molecule has 15 heavy (non-hydrogen) atoms. The molecular weight excluding hydrogens is 184 g/mol. The normalized spacial score (nSPS) is 25.0. The minimum Gasteiger partial charge on any atom is -0.314 e. The standard InChI is InChI=1S/C13H26N2/c1-11(9-14-12-7-8-12)10-15(2)13-5-3-4-6-13/h11-14H,3-10H2,1-2H3. The van der Waals surface area contributed by atoms with Gasteiger partial charge < -0.3 is 10.2 Å². The van der Waals surface area contributed by atoms with Gasteiger partial charge in [-0.05, 0) is 45.2 Å². The molecule has 0 aliphatic heterocycles. The Morgan fingerprint density at radius 3 is 2.47 bits per heavy atom. The summed E-state index contributed by atoms with van der Waals surface area (Å²) in [6.07, 6.45) is 8.57. The van der Waals surface area contributed by atoms with Gasteiger partial charge in [0.2, 0.25) is 0 Å². The fraction of sp³-hybridized carbons (Fsp3) is 1.00. The second-order valence-corrected chi connectivity index (χ2v) is 5.67. The van der Waals surface area contributed by atoms with Gasteiger partial charge in [-0.25, -0.2) is 0 Å². The van der Waals surface area contributed by atoms with E-state index in [1.165, 1.54) is 51.6 Å². The Morgan fingerprint density at radius 1 is 1.20 bits per heavy atom. The zero-order valence-corrected chi connectivity index (χ0v) is 10.3. The summed E-state index contributed by atoms with van der Waals surface area (Å²) in [6.45, 7) is 4.85. The monoisotopic (exact) mass is 210 g/mol. The van der Waals surface area contributed by atoms with Crippen LogP contribution in [-0.2, 0) is 0 Å². The minimum atomic E-state index is 0.802. The zero-order chi connectivity index (χ0) is 10.7. The highest BCUT2D eigenvalue weighted by Crippen LogP contribution is 2.23. The number of nitrogens with zero attached hydrogens (tertiary/aromatic N) is 1. The summed E-state index contributed by atoms with van der Waals surface area (Å²) < 4.78 is 0. The van der Waals surface area contributed by atoms with E-state index in [1.807, 2.05) is 0 Å². The summed E-state index contributed by atoms with van der Waals surface area (Å²) >= 11 is 0. The van der Waals surface area contributed by atoms with Crippen LogP contribution in [0.1, 0.15) is 45.4 Å². The first-order valence-corrected chi connectivity index (χ1v) is 6.69. The molecule has 0 heterocycles. The first-order valence-electron chi connectivity index (χ1n) is 6.69. The van der Waals surface area contributed by atoms with Crippen LogP contribution in [0.4, 0.5) is 0 Å². The van der Waals surface area contributed by atoms with Gasteiger partial charge in [0.05, 0.1) is 0 Å². The lowest BCUT2D eigenvalue weighted by Gasteiger charge is -2.27. The fourth-order valence-electron chi connectivity index (χ4n) is 2.71. The summed E-state index contributed by atoms with van der Waals surface area (Å²) in [5, 5.41) is 3.63. The number of hydrogen-bond acceptors (Lipinski definition) is 2. The predicted molar refractivity (Wildman–Crippen MR) is 65.1 cm³/mol. The average molecular weight is 210 g/mol. The van der Waals surface area contributed by atoms with Crippen LogP contribution < -0.4 is 5.32 Å². The lowest BCUT2D eigenvalue weighted by molar-refractivity contribution is 0.212. The molecule has 0 aromatic heterocycles. The molecule has 0 aromatic rings. The van der Waals surface area contributed by atoms with Crippen molar-refractivity contribution in [3.05, 3.63) is 0 Å². The summed E-state index contributed by atoms with van der Waals surface area (Å²) in [5.41, 5.74) is 0. The van der Waals surface area contributed by atoms with E-state index in [0.717, 1.165) is 18.0 Å². The molecule has 0 saturated heterocycles. The predicted octanol–water partition coefficient (Wildman–Crippen LogP) is 2.25. The molecule has 2 aliphatic carbocycles. The Kier molecular flexibility index (Phi) is 4.04. The van der Waals surface area contributed by atoms with Crippen LogP contribution in [0.15, 0.2) is 0 Å². The van der Waals surface area contributed by atoms with Gasteiger partial charge in [0.15, 0.2) is 0 Å². The molecule has 88 valence electrons. The lowest BCUT2D eigenvalue weighted by atomic mass is 10.1. The third-order valence-corrected chi connectivity index (χ3v) is 3.88. The van der Waals surface area contributed by atoms with Crippen molar-refractivity contribution >= 4 is 0 Å². The van der Waals surface area contributed by atoms with Crippen LogP contribution in [0.5, 0.6) is 0 Å². The highest BCUT2D eigenvalue weighted by atomic mass is 15.1. The summed E-state index contributed by atoms with van der Waals surface area (Å²) in [7, 11) is 2.31. The molecule has 2 fully saturated rings. The second-order valence-electron chi connectivity index (χ2n) is 5.67. The molecule has 2 saturated carbocycles. The van der Waals surface area contributed by atoms with Gasteiger partial charge in [-0.15, -0.1) is 0 Å². The van der Waals surface area contributed by atoms with Gasteiger partial charge in [0, 0.05) is 18.6 Å². The third-order valence-electron chi connectivity index (χ3n) is 3.88. The minimum absolute atomic E-state index is 0.802. The number of rotatable bonds is 6. The van der Waals surface area contributed by atoms with Crippen molar-refractivity contribution in [1.82, 2.24) is 10.2 Å². The fourth-order valence-corrected chi connectivity index (χ4v) is 2.71. The van der Waals surface area contributed by atoms with Crippen molar-refractivity contribution in [2.24, 2.45) is 5.92 Å². The van der Waals surface area contributed by atoms with Crippen LogP contribution >= 0.6 is 0 Å². The van der Waals surface area contributed by atoms with Crippen molar-refractivity contribution in [3.63, 3.8) is 0 Å². The maximum absolute atomic E-state index is 3.63. The first kappa shape index (κ1) is 11.4. The maximum atomic E-state index is 3.63. The van der Waals surface area contributed by atoms with E-state index in [2.05, 4.69) is 24.2 Å². The molecule has 0 radical (unpaired) electrons. The van der Waals surface area contributed by atoms with E-state index in [0.29, 0.717) is 0 Å². The summed E-state index contributed by atoms with van der Waals surface area (Å²) in [5.74, 6) is 0.802. The smallest absolute Gasteiger partial charge is 0.00923 e. The van der Waals surface area contributed by atoms with Gasteiger partial charge in [-0.3, -0.25) is 0 Å². The molecular formula is C13H26N2. The van der Waals surface area contributed by atoms with E-state index >= 15 is 0 Å². The van der Waals surface area contributed by atoms with Crippen LogP contribution in [0, 0.1) is 5.92 Å². The topological polar surface area (TPSA) is 15.3 Å². The molecule has 2 rings (SSSR count). The number of hydrogen-bond donors (Lipinski definition) is 1. The van der Waals surface area contributed by atoms with Gasteiger partial charge in [0.25, 0.3) is 0 Å². The van der Waals surface area contributed by atoms with Crippen LogP contribution in [-0.4, -0.2) is 37.1 Å². The Morgan fingerprint density at radius 2 is 1.87 bits per heavy atom. The average Bonchev–Trinajstić information content (AvgIpc) is 2.87. The highest BCUT2D eigenvalue weighted by molar-refractivity contribution is 4.82. The van der Waals surface area contributed by atoms with Gasteiger partial charge in [-0.1, -0.05) is 19.8 Å². The number of nitrogens with one attached hydrogen (secondary N) is 1. The van der Waals surface area contributed by atoms with Crippen molar-refractivity contribution < 1.29 is 0 Å². The van der Waals surface area contributed by atoms with Gasteiger partial charge in [-0.2, -0.15) is 0 Å². The lowest BCUT2D eigenvalue weighted by Crippen LogP contribution is -2.36. The highest BCUT2D eigenvalue weighted by Gasteiger charge is 2.23. The zero-order valence-electron chi connectivity index (χ0n) is 10.3. The third kappa shape index (κ3) is 3.76. The Balaban J connectivity index is 1.60. The van der Waals surface area contributed by atoms with E-state index < -0.39 is 0 Å². The molecule has 2 aliphatic rings. The second kappa shape index (κ2) is 5.31. The molecule has 0 amide bonds. The van der Waals surface area contributed by atoms with Crippen LogP contribution in [0.2, 0.25) is 0 Å². The first-order chi connectivity index (χ1) is 7.25. The SMILES string of the molecule is CC(CNC1CC1)CN(C)C1CCCC1. The van der Waals surface area contributed by atoms with E-state index in [4.69, 9.17) is 0 Å². The quantitative estimate of drug-likeness (QED) is 0.723. The molecule has 2 heteroatoms. The Bertz CT molecular complexity index is 183. The van der Waals surface area contributed by atoms with Crippen molar-refractivity contribution in [3.8, 4) is 0 Å². The molecule has 1 N–H and O–H groups in total. The summed E-state index contributed by atoms with van der Waals surface area (Å²) in [4.78, 5) is 2.59. The largest absolute Gasteiger partial charge is 0.314 e. The van der Waals surface area contributed by atoms with Gasteiger partial charge in [0.1, 0.15) is 0 Å². The van der Waals surface area contributed by atoms with Gasteiger partial charge >= 0.3 is 0 Å². The molecule has 1 unspecified atom stereocenters. The van der Waals surface area contributed by atoms with Crippen molar-refractivity contribution in [1.29, 1.82) is 0 Å². The Hall–Kier alpha value is -0.0800. The molecule has 0 aromatic carbocycles. The van der Waals surface area contributed by atoms with E-state index in [1.54, 1.807) is 0 Å².